The second-order valence-corrected chi connectivity index (χ2v) is 3.61. The first kappa shape index (κ1) is 9.77. The number of phenolic OH excluding ortho intramolecular Hbond substituents is 1. The minimum absolute atomic E-state index is 0.0602. The van der Waals surface area contributed by atoms with Crippen molar-refractivity contribution in [1.82, 2.24) is 4.98 Å². The van der Waals surface area contributed by atoms with Gasteiger partial charge >= 0.3 is 0 Å². The smallest absolute Gasteiger partial charge is 0.251 e. The Balaban J connectivity index is 2.72. The van der Waals surface area contributed by atoms with Crippen LogP contribution in [0.5, 0.6) is 5.75 Å². The Morgan fingerprint density at radius 1 is 1.40 bits per heavy atom. The Hall–Kier alpha value is -1.77. The summed E-state index contributed by atoms with van der Waals surface area (Å²) in [4.78, 5) is 14.4. The Kier molecular flexibility index (Phi) is 2.46. The van der Waals surface area contributed by atoms with Gasteiger partial charge in [-0.3, -0.25) is 4.79 Å². The van der Waals surface area contributed by atoms with Crippen molar-refractivity contribution in [3.05, 3.63) is 40.2 Å². The number of aromatic nitrogens is 1. The maximum absolute atomic E-state index is 11.6. The first-order chi connectivity index (χ1) is 7.22. The normalized spacial score (nSPS) is 10.7. The largest absolute Gasteiger partial charge is 0.507 e. The van der Waals surface area contributed by atoms with E-state index in [1.165, 1.54) is 0 Å². The molecule has 2 N–H and O–H groups in total. The molecule has 15 heavy (non-hydrogen) atoms. The monoisotopic (exact) mass is 203 g/mol. The molecule has 0 aliphatic carbocycles. The molecule has 0 bridgehead atoms. The zero-order chi connectivity index (χ0) is 10.8. The molecule has 1 heterocycles. The van der Waals surface area contributed by atoms with E-state index in [2.05, 4.69) is 4.98 Å². The fourth-order valence-corrected chi connectivity index (χ4v) is 1.71. The van der Waals surface area contributed by atoms with Gasteiger partial charge in [-0.2, -0.15) is 0 Å². The van der Waals surface area contributed by atoms with Crippen LogP contribution in [0.25, 0.3) is 10.9 Å². The number of aryl methyl sites for hydroxylation is 1. The minimum atomic E-state index is -0.0602. The predicted molar refractivity (Wildman–Crippen MR) is 60.2 cm³/mol. The lowest BCUT2D eigenvalue weighted by atomic mass is 10.1. The zero-order valence-electron chi connectivity index (χ0n) is 8.58. The lowest BCUT2D eigenvalue weighted by molar-refractivity contribution is 0.481. The highest BCUT2D eigenvalue weighted by atomic mass is 16.3. The van der Waals surface area contributed by atoms with Crippen LogP contribution in [0.4, 0.5) is 0 Å². The van der Waals surface area contributed by atoms with Gasteiger partial charge in [0.15, 0.2) is 0 Å². The van der Waals surface area contributed by atoms with Gasteiger partial charge in [-0.1, -0.05) is 19.4 Å². The third kappa shape index (κ3) is 1.73. The van der Waals surface area contributed by atoms with Crippen LogP contribution in [0.15, 0.2) is 29.1 Å². The molecule has 1 aromatic heterocycles. The molecule has 0 aliphatic heterocycles. The molecule has 0 atom stereocenters. The van der Waals surface area contributed by atoms with Crippen molar-refractivity contribution in [3.63, 3.8) is 0 Å². The molecule has 0 spiro atoms. The van der Waals surface area contributed by atoms with Crippen LogP contribution in [-0.2, 0) is 6.42 Å². The number of aromatic hydroxyl groups is 1. The summed E-state index contributed by atoms with van der Waals surface area (Å²) in [6.45, 7) is 2.02. The van der Waals surface area contributed by atoms with E-state index in [1.807, 2.05) is 6.92 Å². The Morgan fingerprint density at radius 2 is 2.20 bits per heavy atom. The summed E-state index contributed by atoms with van der Waals surface area (Å²) in [5.74, 6) is 0.209. The van der Waals surface area contributed by atoms with Gasteiger partial charge in [0, 0.05) is 10.9 Å². The van der Waals surface area contributed by atoms with Crippen LogP contribution in [-0.4, -0.2) is 10.1 Å². The standard InChI is InChI=1S/C12H13NO2/c1-2-4-8-7-9-10(13-12(8)15)5-3-6-11(9)14/h3,5-7,14H,2,4H2,1H3,(H,13,15). The van der Waals surface area contributed by atoms with Gasteiger partial charge in [0.25, 0.3) is 5.56 Å². The van der Waals surface area contributed by atoms with Crippen LogP contribution in [0.3, 0.4) is 0 Å². The predicted octanol–water partition coefficient (Wildman–Crippen LogP) is 2.19. The molecule has 0 aliphatic rings. The number of nitrogens with one attached hydrogen (secondary N) is 1. The van der Waals surface area contributed by atoms with Crippen molar-refractivity contribution in [1.29, 1.82) is 0 Å². The lowest BCUT2D eigenvalue weighted by Gasteiger charge is -2.03. The van der Waals surface area contributed by atoms with Crippen molar-refractivity contribution >= 4 is 10.9 Å². The molecule has 0 saturated heterocycles. The van der Waals surface area contributed by atoms with Crippen LogP contribution in [0.1, 0.15) is 18.9 Å². The zero-order valence-corrected chi connectivity index (χ0v) is 8.58. The quantitative estimate of drug-likeness (QED) is 0.786. The molecule has 2 rings (SSSR count). The summed E-state index contributed by atoms with van der Waals surface area (Å²) in [5, 5.41) is 10.3. The van der Waals surface area contributed by atoms with E-state index in [4.69, 9.17) is 0 Å². The first-order valence-corrected chi connectivity index (χ1v) is 5.06. The van der Waals surface area contributed by atoms with Gasteiger partial charge in [-0.25, -0.2) is 0 Å². The average molecular weight is 203 g/mol. The first-order valence-electron chi connectivity index (χ1n) is 5.06. The molecule has 78 valence electrons. The SMILES string of the molecule is CCCc1cc2c(O)cccc2[nH]c1=O. The maximum Gasteiger partial charge on any atom is 0.251 e. The number of hydrogen-bond acceptors (Lipinski definition) is 2. The van der Waals surface area contributed by atoms with Crippen LogP contribution in [0, 0.1) is 0 Å². The van der Waals surface area contributed by atoms with Gasteiger partial charge in [0.2, 0.25) is 0 Å². The molecule has 0 unspecified atom stereocenters. The average Bonchev–Trinajstić information content (AvgIpc) is 2.21. The van der Waals surface area contributed by atoms with Gasteiger partial charge < -0.3 is 10.1 Å². The summed E-state index contributed by atoms with van der Waals surface area (Å²) in [6, 6.07) is 6.89. The topological polar surface area (TPSA) is 53.1 Å². The molecule has 0 fully saturated rings. The molecule has 3 heteroatoms. The maximum atomic E-state index is 11.6. The molecule has 1 aromatic carbocycles. The summed E-state index contributed by atoms with van der Waals surface area (Å²) in [6.07, 6.45) is 1.65. The lowest BCUT2D eigenvalue weighted by Crippen LogP contribution is -2.11. The van der Waals surface area contributed by atoms with E-state index in [9.17, 15) is 9.90 Å². The molecule has 0 saturated carbocycles. The highest BCUT2D eigenvalue weighted by molar-refractivity contribution is 5.85. The number of hydrogen-bond donors (Lipinski definition) is 2. The van der Waals surface area contributed by atoms with Gasteiger partial charge in [-0.15, -0.1) is 0 Å². The highest BCUT2D eigenvalue weighted by Gasteiger charge is 2.04. The molecule has 2 aromatic rings. The van der Waals surface area contributed by atoms with Crippen molar-refractivity contribution in [3.8, 4) is 5.75 Å². The number of rotatable bonds is 2. The number of aromatic amines is 1. The Bertz CT molecular complexity index is 543. The fraction of sp³-hybridized carbons (Fsp3) is 0.250. The fourth-order valence-electron chi connectivity index (χ4n) is 1.71. The van der Waals surface area contributed by atoms with E-state index in [0.717, 1.165) is 18.4 Å². The number of pyridine rings is 1. The molecular formula is C12H13NO2. The van der Waals surface area contributed by atoms with E-state index >= 15 is 0 Å². The number of phenols is 1. The molecule has 0 amide bonds. The summed E-state index contributed by atoms with van der Waals surface area (Å²) in [5.41, 5.74) is 1.35. The van der Waals surface area contributed by atoms with E-state index in [0.29, 0.717) is 10.9 Å². The highest BCUT2D eigenvalue weighted by Crippen LogP contribution is 2.22. The van der Waals surface area contributed by atoms with Gasteiger partial charge in [0.1, 0.15) is 5.75 Å². The summed E-state index contributed by atoms with van der Waals surface area (Å²) in [7, 11) is 0. The number of benzene rings is 1. The molecule has 0 radical (unpaired) electrons. The summed E-state index contributed by atoms with van der Waals surface area (Å²) < 4.78 is 0. The van der Waals surface area contributed by atoms with Crippen molar-refractivity contribution in [2.45, 2.75) is 19.8 Å². The third-order valence-electron chi connectivity index (χ3n) is 2.46. The van der Waals surface area contributed by atoms with Gasteiger partial charge in [0.05, 0.1) is 5.52 Å². The van der Waals surface area contributed by atoms with Gasteiger partial charge in [-0.05, 0) is 24.6 Å². The van der Waals surface area contributed by atoms with Crippen LogP contribution >= 0.6 is 0 Å². The summed E-state index contributed by atoms with van der Waals surface area (Å²) >= 11 is 0. The Labute approximate surface area is 87.4 Å². The van der Waals surface area contributed by atoms with Crippen molar-refractivity contribution in [2.24, 2.45) is 0 Å². The molecular weight excluding hydrogens is 190 g/mol. The second kappa shape index (κ2) is 3.77. The van der Waals surface area contributed by atoms with Crippen LogP contribution < -0.4 is 5.56 Å². The van der Waals surface area contributed by atoms with Crippen molar-refractivity contribution < 1.29 is 5.11 Å². The second-order valence-electron chi connectivity index (χ2n) is 3.61. The van der Waals surface area contributed by atoms with E-state index < -0.39 is 0 Å². The van der Waals surface area contributed by atoms with E-state index in [1.54, 1.807) is 24.3 Å². The van der Waals surface area contributed by atoms with Crippen LogP contribution in [0.2, 0.25) is 0 Å². The number of H-pyrrole nitrogens is 1. The van der Waals surface area contributed by atoms with E-state index in [-0.39, 0.29) is 11.3 Å². The number of fused-ring (bicyclic) bond motifs is 1. The Morgan fingerprint density at radius 3 is 2.93 bits per heavy atom. The third-order valence-corrected chi connectivity index (χ3v) is 2.46. The van der Waals surface area contributed by atoms with Crippen molar-refractivity contribution in [2.75, 3.05) is 0 Å². The molecule has 3 nitrogen and oxygen atoms in total. The minimum Gasteiger partial charge on any atom is -0.507 e.